The van der Waals surface area contributed by atoms with E-state index >= 15 is 0 Å². The van der Waals surface area contributed by atoms with Crippen LogP contribution in [0.1, 0.15) is 30.3 Å². The van der Waals surface area contributed by atoms with E-state index in [1.807, 2.05) is 0 Å². The van der Waals surface area contributed by atoms with Gasteiger partial charge in [-0.15, -0.1) is 10.2 Å². The molecular formula is C10H12N4O2S. The molecule has 3 atom stereocenters. The second kappa shape index (κ2) is 3.83. The van der Waals surface area contributed by atoms with Gasteiger partial charge in [-0.25, -0.2) is 4.98 Å². The van der Waals surface area contributed by atoms with Gasteiger partial charge >= 0.3 is 0 Å². The number of carbonyl (C=O) groups excluding carboxylic acids is 1. The molecule has 2 bridgehead atoms. The Labute approximate surface area is 101 Å². The largest absolute Gasteiger partial charge is 0.333 e. The van der Waals surface area contributed by atoms with Crippen molar-refractivity contribution in [2.24, 2.45) is 0 Å². The third-order valence-corrected chi connectivity index (χ3v) is 4.13. The topological polar surface area (TPSA) is 76.1 Å². The normalized spacial score (nSPS) is 27.7. The molecule has 90 valence electrons. The van der Waals surface area contributed by atoms with E-state index in [0.717, 1.165) is 30.6 Å². The molecule has 7 heteroatoms. The van der Waals surface area contributed by atoms with E-state index in [1.54, 1.807) is 11.2 Å². The van der Waals surface area contributed by atoms with Crippen LogP contribution in [0.5, 0.6) is 0 Å². The van der Waals surface area contributed by atoms with Gasteiger partial charge in [0.05, 0.1) is 22.5 Å². The summed E-state index contributed by atoms with van der Waals surface area (Å²) >= 11 is 0. The highest BCUT2D eigenvalue weighted by Crippen LogP contribution is 2.40. The maximum absolute atomic E-state index is 11.3. The molecule has 0 N–H and O–H groups in total. The van der Waals surface area contributed by atoms with Gasteiger partial charge in [-0.3, -0.25) is 9.00 Å². The van der Waals surface area contributed by atoms with Gasteiger partial charge in [-0.1, -0.05) is 0 Å². The zero-order valence-corrected chi connectivity index (χ0v) is 10.2. The average molecular weight is 252 g/mol. The Kier molecular flexibility index (Phi) is 2.43. The van der Waals surface area contributed by atoms with Gasteiger partial charge in [-0.2, -0.15) is 0 Å². The van der Waals surface area contributed by atoms with Crippen molar-refractivity contribution < 1.29 is 9.00 Å². The van der Waals surface area contributed by atoms with E-state index in [1.165, 1.54) is 0 Å². The number of hydrogen-bond acceptors (Lipinski definition) is 5. The second-order valence-corrected chi connectivity index (χ2v) is 5.66. The van der Waals surface area contributed by atoms with Crippen LogP contribution in [0.25, 0.3) is 0 Å². The van der Waals surface area contributed by atoms with E-state index in [-0.39, 0.29) is 17.2 Å². The van der Waals surface area contributed by atoms with Crippen LogP contribution in [-0.2, 0) is 22.0 Å². The number of aromatic nitrogens is 3. The van der Waals surface area contributed by atoms with Crippen molar-refractivity contribution >= 4 is 17.2 Å². The molecule has 1 aromatic heterocycles. The molecule has 1 fully saturated rings. The first-order chi connectivity index (χ1) is 8.20. The van der Waals surface area contributed by atoms with Crippen molar-refractivity contribution in [3.63, 3.8) is 0 Å². The summed E-state index contributed by atoms with van der Waals surface area (Å²) in [5, 5.41) is 8.26. The quantitative estimate of drug-likeness (QED) is 0.683. The van der Waals surface area contributed by atoms with Crippen molar-refractivity contribution in [1.29, 1.82) is 0 Å². The molecule has 0 spiro atoms. The van der Waals surface area contributed by atoms with Gasteiger partial charge in [0.25, 0.3) is 0 Å². The molecule has 3 unspecified atom stereocenters. The van der Waals surface area contributed by atoms with E-state index < -0.39 is 10.8 Å². The minimum Gasteiger partial charge on any atom is -0.333 e. The maximum atomic E-state index is 11.3. The predicted molar refractivity (Wildman–Crippen MR) is 59.5 cm³/mol. The minimum atomic E-state index is -1.21. The Morgan fingerprint density at radius 1 is 1.41 bits per heavy atom. The molecule has 1 amide bonds. The maximum Gasteiger partial charge on any atom is 0.239 e. The Morgan fingerprint density at radius 2 is 2.24 bits per heavy atom. The number of rotatable bonds is 2. The van der Waals surface area contributed by atoms with Gasteiger partial charge in [-0.05, 0) is 12.8 Å². The van der Waals surface area contributed by atoms with Crippen molar-refractivity contribution in [2.45, 2.75) is 36.5 Å². The lowest BCUT2D eigenvalue weighted by Gasteiger charge is -2.31. The van der Waals surface area contributed by atoms with Gasteiger partial charge in [0.2, 0.25) is 11.6 Å². The number of fused-ring (bicyclic) bond motifs is 4. The van der Waals surface area contributed by atoms with Crippen molar-refractivity contribution in [3.8, 4) is 0 Å². The highest BCUT2D eigenvalue weighted by molar-refractivity contribution is 7.84. The smallest absolute Gasteiger partial charge is 0.239 e. The summed E-state index contributed by atoms with van der Waals surface area (Å²) in [6, 6.07) is 0.237. The Balaban J connectivity index is 2.06. The lowest BCUT2D eigenvalue weighted by molar-refractivity contribution is -0.121. The van der Waals surface area contributed by atoms with Crippen LogP contribution < -0.4 is 0 Å². The van der Waals surface area contributed by atoms with Crippen molar-refractivity contribution in [1.82, 2.24) is 20.1 Å². The number of carbonyl (C=O) groups is 1. The van der Waals surface area contributed by atoms with Gasteiger partial charge in [0.15, 0.2) is 0 Å². The molecule has 17 heavy (non-hydrogen) atoms. The predicted octanol–water partition coefficient (Wildman–Crippen LogP) is -0.173. The first kappa shape index (κ1) is 10.8. The Morgan fingerprint density at radius 3 is 2.94 bits per heavy atom. The van der Waals surface area contributed by atoms with Crippen molar-refractivity contribution in [3.05, 3.63) is 11.4 Å². The molecular weight excluding hydrogens is 240 g/mol. The van der Waals surface area contributed by atoms with Crippen LogP contribution in [0.4, 0.5) is 0 Å². The summed E-state index contributed by atoms with van der Waals surface area (Å²) < 4.78 is 11.3. The van der Waals surface area contributed by atoms with E-state index in [0.29, 0.717) is 6.42 Å². The summed E-state index contributed by atoms with van der Waals surface area (Å²) in [6.45, 7) is 0. The van der Waals surface area contributed by atoms with E-state index in [4.69, 9.17) is 0 Å². The zero-order chi connectivity index (χ0) is 12.0. The summed E-state index contributed by atoms with van der Waals surface area (Å²) in [5.74, 6) is 0. The standard InChI is InChI=1S/C10H12N4O2S/c1-17(16)10-11-7-4-6-2-3-8(14(6)5-15)9(7)12-13-10/h5-6,8H,2-4H2,1H3. The molecule has 3 rings (SSSR count). The molecule has 0 saturated carbocycles. The van der Waals surface area contributed by atoms with E-state index in [2.05, 4.69) is 15.2 Å². The van der Waals surface area contributed by atoms with Gasteiger partial charge in [0, 0.05) is 18.7 Å². The fourth-order valence-corrected chi connectivity index (χ4v) is 3.05. The van der Waals surface area contributed by atoms with Crippen LogP contribution >= 0.6 is 0 Å². The lowest BCUT2D eigenvalue weighted by atomic mass is 10.0. The number of amides is 1. The molecule has 0 aliphatic carbocycles. The summed E-state index contributed by atoms with van der Waals surface area (Å²) in [6.07, 6.45) is 5.02. The fraction of sp³-hybridized carbons (Fsp3) is 0.600. The minimum absolute atomic E-state index is 0.0144. The number of nitrogens with zero attached hydrogens (tertiary/aromatic N) is 4. The first-order valence-corrected chi connectivity index (χ1v) is 7.06. The number of hydrogen-bond donors (Lipinski definition) is 0. The highest BCUT2D eigenvalue weighted by atomic mass is 32.2. The van der Waals surface area contributed by atoms with Crippen LogP contribution in [0.3, 0.4) is 0 Å². The monoisotopic (exact) mass is 252 g/mol. The lowest BCUT2D eigenvalue weighted by Crippen LogP contribution is -2.37. The molecule has 2 aliphatic heterocycles. The van der Waals surface area contributed by atoms with Crippen LogP contribution in [0.2, 0.25) is 0 Å². The molecule has 1 aromatic rings. The molecule has 2 aliphatic rings. The Bertz CT molecular complexity index is 507. The van der Waals surface area contributed by atoms with Gasteiger partial charge in [0.1, 0.15) is 5.69 Å². The third-order valence-electron chi connectivity index (χ3n) is 3.45. The fourth-order valence-electron chi connectivity index (χ4n) is 2.65. The summed E-state index contributed by atoms with van der Waals surface area (Å²) in [7, 11) is -1.21. The molecule has 1 saturated heterocycles. The van der Waals surface area contributed by atoms with Crippen LogP contribution in [-0.4, -0.2) is 43.0 Å². The second-order valence-electron chi connectivity index (χ2n) is 4.38. The van der Waals surface area contributed by atoms with Gasteiger partial charge < -0.3 is 4.90 Å². The summed E-state index contributed by atoms with van der Waals surface area (Å²) in [4.78, 5) is 17.1. The molecule has 0 aromatic carbocycles. The molecule has 3 heterocycles. The van der Waals surface area contributed by atoms with Crippen LogP contribution in [0, 0.1) is 0 Å². The summed E-state index contributed by atoms with van der Waals surface area (Å²) in [5.41, 5.74) is 1.64. The SMILES string of the molecule is CS(=O)c1nnc2c(n1)CC1CCC2N1C=O. The van der Waals surface area contributed by atoms with Crippen LogP contribution in [0.15, 0.2) is 5.16 Å². The third kappa shape index (κ3) is 1.56. The molecule has 0 radical (unpaired) electrons. The Hall–Kier alpha value is -1.37. The molecule has 6 nitrogen and oxygen atoms in total. The van der Waals surface area contributed by atoms with Crippen molar-refractivity contribution in [2.75, 3.05) is 6.26 Å². The first-order valence-electron chi connectivity index (χ1n) is 5.50. The van der Waals surface area contributed by atoms with E-state index in [9.17, 15) is 9.00 Å². The average Bonchev–Trinajstić information content (AvgIpc) is 2.63. The zero-order valence-electron chi connectivity index (χ0n) is 9.37. The highest BCUT2D eigenvalue weighted by Gasteiger charge is 2.41.